The van der Waals surface area contributed by atoms with Crippen molar-refractivity contribution < 1.29 is 18.7 Å². The summed E-state index contributed by atoms with van der Waals surface area (Å²) >= 11 is 6.02. The van der Waals surface area contributed by atoms with Gasteiger partial charge in [0.1, 0.15) is 36.2 Å². The van der Waals surface area contributed by atoms with Crippen molar-refractivity contribution in [2.75, 3.05) is 20.3 Å². The first-order valence-electron chi connectivity index (χ1n) is 8.44. The van der Waals surface area contributed by atoms with Crippen LogP contribution in [0.2, 0.25) is 5.02 Å². The zero-order valence-corrected chi connectivity index (χ0v) is 15.8. The van der Waals surface area contributed by atoms with Gasteiger partial charge in [-0.2, -0.15) is 0 Å². The molecule has 0 aliphatic heterocycles. The molecule has 0 atom stereocenters. The van der Waals surface area contributed by atoms with Gasteiger partial charge in [-0.3, -0.25) is 4.79 Å². The molecule has 146 valence electrons. The minimum Gasteiger partial charge on any atom is -0.495 e. The van der Waals surface area contributed by atoms with Gasteiger partial charge in [-0.05, 0) is 24.3 Å². The van der Waals surface area contributed by atoms with Crippen molar-refractivity contribution >= 4 is 17.5 Å². The molecule has 0 bridgehead atoms. The summed E-state index contributed by atoms with van der Waals surface area (Å²) < 4.78 is 25.0. The molecule has 0 aliphatic rings. The summed E-state index contributed by atoms with van der Waals surface area (Å²) in [5.74, 6) is 0.327. The minimum atomic E-state index is -0.373. The second-order valence-electron chi connectivity index (χ2n) is 5.81. The van der Waals surface area contributed by atoms with Crippen LogP contribution in [0.25, 0.3) is 11.3 Å². The van der Waals surface area contributed by atoms with E-state index in [1.807, 2.05) is 0 Å². The highest BCUT2D eigenvalue weighted by atomic mass is 35.5. The number of aromatic nitrogens is 3. The Bertz CT molecular complexity index is 964. The molecule has 1 heterocycles. The highest BCUT2D eigenvalue weighted by Crippen LogP contribution is 2.29. The van der Waals surface area contributed by atoms with E-state index in [0.717, 1.165) is 5.56 Å². The number of amides is 1. The topological polar surface area (TPSA) is 78.3 Å². The Balaban J connectivity index is 1.48. The van der Waals surface area contributed by atoms with Crippen molar-refractivity contribution in [1.82, 2.24) is 20.3 Å². The number of methoxy groups -OCH3 is 1. The quantitative estimate of drug-likeness (QED) is 0.584. The van der Waals surface area contributed by atoms with Crippen molar-refractivity contribution in [3.05, 3.63) is 59.5 Å². The van der Waals surface area contributed by atoms with Crippen molar-refractivity contribution in [3.8, 4) is 22.8 Å². The van der Waals surface area contributed by atoms with Crippen LogP contribution >= 0.6 is 11.6 Å². The largest absolute Gasteiger partial charge is 0.495 e. The first-order chi connectivity index (χ1) is 13.5. The van der Waals surface area contributed by atoms with E-state index >= 15 is 0 Å². The van der Waals surface area contributed by atoms with E-state index in [1.54, 1.807) is 36.5 Å². The van der Waals surface area contributed by atoms with E-state index in [0.29, 0.717) is 22.2 Å². The van der Waals surface area contributed by atoms with E-state index in [9.17, 15) is 9.18 Å². The summed E-state index contributed by atoms with van der Waals surface area (Å²) in [4.78, 5) is 12.0. The summed E-state index contributed by atoms with van der Waals surface area (Å²) in [6, 6.07) is 11.1. The lowest BCUT2D eigenvalue weighted by Gasteiger charge is -2.07. The molecule has 1 aromatic heterocycles. The highest BCUT2D eigenvalue weighted by Gasteiger charge is 2.10. The lowest BCUT2D eigenvalue weighted by Crippen LogP contribution is -2.31. The van der Waals surface area contributed by atoms with Gasteiger partial charge in [0.2, 0.25) is 5.91 Å². The van der Waals surface area contributed by atoms with Crippen LogP contribution in [0.5, 0.6) is 11.5 Å². The number of hydrogen-bond donors (Lipinski definition) is 1. The average Bonchev–Trinajstić information content (AvgIpc) is 3.14. The number of ether oxygens (including phenoxy) is 2. The Labute approximate surface area is 166 Å². The van der Waals surface area contributed by atoms with E-state index in [4.69, 9.17) is 21.1 Å². The average molecular weight is 405 g/mol. The fraction of sp³-hybridized carbons (Fsp3) is 0.211. The second-order valence-corrected chi connectivity index (χ2v) is 6.21. The van der Waals surface area contributed by atoms with Gasteiger partial charge in [0, 0.05) is 11.6 Å². The lowest BCUT2D eigenvalue weighted by molar-refractivity contribution is -0.121. The maximum atomic E-state index is 13.1. The van der Waals surface area contributed by atoms with Gasteiger partial charge in [-0.1, -0.05) is 28.9 Å². The molecule has 0 spiro atoms. The Morgan fingerprint density at radius 3 is 2.93 bits per heavy atom. The van der Waals surface area contributed by atoms with Gasteiger partial charge in [0.15, 0.2) is 0 Å². The van der Waals surface area contributed by atoms with E-state index < -0.39 is 0 Å². The second kappa shape index (κ2) is 9.18. The van der Waals surface area contributed by atoms with Crippen LogP contribution < -0.4 is 14.8 Å². The predicted octanol–water partition coefficient (Wildman–Crippen LogP) is 2.94. The summed E-state index contributed by atoms with van der Waals surface area (Å²) in [5, 5.41) is 11.2. The standard InChI is InChI=1S/C19H18ClFN4O3/c1-27-18-9-13(5-6-16(18)20)17-11-25(24-23-17)12-19(26)22-7-8-28-15-4-2-3-14(21)10-15/h2-6,9-11H,7-8,12H2,1H3,(H,22,26). The molecule has 9 heteroatoms. The number of nitrogens with one attached hydrogen (secondary N) is 1. The van der Waals surface area contributed by atoms with Gasteiger partial charge >= 0.3 is 0 Å². The molecule has 0 saturated carbocycles. The third-order valence-electron chi connectivity index (χ3n) is 3.78. The van der Waals surface area contributed by atoms with Crippen LogP contribution in [0.4, 0.5) is 4.39 Å². The Morgan fingerprint density at radius 1 is 1.29 bits per heavy atom. The maximum Gasteiger partial charge on any atom is 0.241 e. The summed E-state index contributed by atoms with van der Waals surface area (Å²) in [6.07, 6.45) is 1.66. The van der Waals surface area contributed by atoms with E-state index in [-0.39, 0.29) is 31.4 Å². The van der Waals surface area contributed by atoms with E-state index in [1.165, 1.54) is 23.9 Å². The zero-order chi connectivity index (χ0) is 19.9. The number of halogens is 2. The number of carbonyl (C=O) groups excluding carboxylic acids is 1. The Morgan fingerprint density at radius 2 is 2.14 bits per heavy atom. The van der Waals surface area contributed by atoms with Crippen LogP contribution in [-0.2, 0) is 11.3 Å². The molecule has 0 aliphatic carbocycles. The molecule has 0 fully saturated rings. The fourth-order valence-corrected chi connectivity index (χ4v) is 2.64. The smallest absolute Gasteiger partial charge is 0.241 e. The summed E-state index contributed by atoms with van der Waals surface area (Å²) in [7, 11) is 1.53. The van der Waals surface area contributed by atoms with Crippen LogP contribution in [0, 0.1) is 5.82 Å². The van der Waals surface area contributed by atoms with Gasteiger partial charge < -0.3 is 14.8 Å². The third kappa shape index (κ3) is 5.20. The molecule has 0 unspecified atom stereocenters. The Kier molecular flexibility index (Phi) is 6.44. The normalized spacial score (nSPS) is 10.5. The SMILES string of the molecule is COc1cc(-c2cn(CC(=O)NCCOc3cccc(F)c3)nn2)ccc1Cl. The number of hydrogen-bond acceptors (Lipinski definition) is 5. The molecule has 0 radical (unpaired) electrons. The first kappa shape index (κ1) is 19.6. The van der Waals surface area contributed by atoms with Crippen LogP contribution in [-0.4, -0.2) is 41.2 Å². The Hall–Kier alpha value is -3.13. The molecule has 0 saturated heterocycles. The van der Waals surface area contributed by atoms with Crippen LogP contribution in [0.1, 0.15) is 0 Å². The van der Waals surface area contributed by atoms with Crippen LogP contribution in [0.3, 0.4) is 0 Å². The van der Waals surface area contributed by atoms with E-state index in [2.05, 4.69) is 15.6 Å². The first-order valence-corrected chi connectivity index (χ1v) is 8.82. The molecule has 28 heavy (non-hydrogen) atoms. The van der Waals surface area contributed by atoms with Crippen molar-refractivity contribution in [3.63, 3.8) is 0 Å². The van der Waals surface area contributed by atoms with Crippen molar-refractivity contribution in [1.29, 1.82) is 0 Å². The molecule has 3 aromatic rings. The van der Waals surface area contributed by atoms with Gasteiger partial charge in [-0.25, -0.2) is 9.07 Å². The molecule has 3 rings (SSSR count). The number of rotatable bonds is 8. The van der Waals surface area contributed by atoms with Crippen LogP contribution in [0.15, 0.2) is 48.7 Å². The number of carbonyl (C=O) groups is 1. The summed E-state index contributed by atoms with van der Waals surface area (Å²) in [5.41, 5.74) is 1.37. The number of nitrogens with zero attached hydrogens (tertiary/aromatic N) is 3. The lowest BCUT2D eigenvalue weighted by atomic mass is 10.1. The van der Waals surface area contributed by atoms with Crippen molar-refractivity contribution in [2.24, 2.45) is 0 Å². The highest BCUT2D eigenvalue weighted by molar-refractivity contribution is 6.32. The number of benzene rings is 2. The van der Waals surface area contributed by atoms with Gasteiger partial charge in [0.25, 0.3) is 0 Å². The van der Waals surface area contributed by atoms with Gasteiger partial charge in [0.05, 0.1) is 24.9 Å². The predicted molar refractivity (Wildman–Crippen MR) is 102 cm³/mol. The fourth-order valence-electron chi connectivity index (χ4n) is 2.45. The maximum absolute atomic E-state index is 13.1. The molecular weight excluding hydrogens is 387 g/mol. The molecule has 2 aromatic carbocycles. The summed E-state index contributed by atoms with van der Waals surface area (Å²) in [6.45, 7) is 0.519. The van der Waals surface area contributed by atoms with Crippen molar-refractivity contribution in [2.45, 2.75) is 6.54 Å². The minimum absolute atomic E-state index is 0.0116. The molecule has 1 N–H and O–H groups in total. The molecule has 7 nitrogen and oxygen atoms in total. The van der Waals surface area contributed by atoms with Gasteiger partial charge in [-0.15, -0.1) is 5.10 Å². The molecular formula is C19H18ClFN4O3. The third-order valence-corrected chi connectivity index (χ3v) is 4.09. The monoisotopic (exact) mass is 404 g/mol. The zero-order valence-electron chi connectivity index (χ0n) is 15.1. The molecule has 1 amide bonds.